The highest BCUT2D eigenvalue weighted by atomic mass is 32.2. The first-order valence-electron chi connectivity index (χ1n) is 20.3. The third-order valence-electron chi connectivity index (χ3n) is 13.3. The number of ether oxygens (including phenoxy) is 2. The van der Waals surface area contributed by atoms with Gasteiger partial charge in [0.2, 0.25) is 15.9 Å². The summed E-state index contributed by atoms with van der Waals surface area (Å²) in [5, 5.41) is 0.296. The minimum Gasteiger partial charge on any atom is -0.497 e. The summed E-state index contributed by atoms with van der Waals surface area (Å²) < 4.78 is 41.6. The fourth-order valence-corrected chi connectivity index (χ4v) is 10.8. The second-order valence-corrected chi connectivity index (χ2v) is 20.3. The number of benzene rings is 2. The van der Waals surface area contributed by atoms with Crippen molar-refractivity contribution in [2.45, 2.75) is 134 Å². The molecule has 3 aliphatic heterocycles. The van der Waals surface area contributed by atoms with Crippen LogP contribution in [0.3, 0.4) is 0 Å². The summed E-state index contributed by atoms with van der Waals surface area (Å²) in [5.41, 5.74) is 4.11. The van der Waals surface area contributed by atoms with E-state index in [0.717, 1.165) is 72.0 Å². The van der Waals surface area contributed by atoms with Gasteiger partial charge in [0.15, 0.2) is 0 Å². The Morgan fingerprint density at radius 2 is 1.65 bits per heavy atom. The number of nitrogens with zero attached hydrogens (tertiary/aromatic N) is 3. The van der Waals surface area contributed by atoms with Gasteiger partial charge in [-0.3, -0.25) is 9.59 Å². The number of rotatable bonds is 6. The van der Waals surface area contributed by atoms with Crippen molar-refractivity contribution in [1.29, 1.82) is 0 Å². The molecule has 1 N–H and O–H groups in total. The molecule has 2 atom stereocenters. The van der Waals surface area contributed by atoms with Crippen LogP contribution in [-0.2, 0) is 26.1 Å². The predicted molar refractivity (Wildman–Crippen MR) is 212 cm³/mol. The number of methoxy groups -OCH3 is 1. The molecule has 5 aliphatic rings. The Morgan fingerprint density at radius 3 is 2.33 bits per heavy atom. The lowest BCUT2D eigenvalue weighted by atomic mass is 9.81. The van der Waals surface area contributed by atoms with Gasteiger partial charge < -0.3 is 23.8 Å². The summed E-state index contributed by atoms with van der Waals surface area (Å²) in [7, 11) is -2.16. The molecular weight excluding hydrogens is 717 g/mol. The summed E-state index contributed by atoms with van der Waals surface area (Å²) in [4.78, 5) is 45.9. The minimum atomic E-state index is -3.84. The normalized spacial score (nSPS) is 23.6. The van der Waals surface area contributed by atoms with Gasteiger partial charge in [-0.15, -0.1) is 0 Å². The highest BCUT2D eigenvalue weighted by molar-refractivity contribution is 7.90. The SMILES string of the molecule is COc1ccc2c(c1)C1CC1(C(=O)N1CCC3(CCCN3C(=O)OC(C)(C)C)CC1)Cn1c-2c(C2CCCCC2)c2ccc(C(=O)NS(=O)(=O)C(C)C)cc21. The first kappa shape index (κ1) is 37.8. The van der Waals surface area contributed by atoms with Crippen molar-refractivity contribution < 1.29 is 32.3 Å². The summed E-state index contributed by atoms with van der Waals surface area (Å²) in [6.07, 6.45) is 9.32. The smallest absolute Gasteiger partial charge is 0.410 e. The molecule has 4 heterocycles. The number of nitrogens with one attached hydrogen (secondary N) is 1. The third-order valence-corrected chi connectivity index (χ3v) is 15.0. The number of sulfonamides is 1. The van der Waals surface area contributed by atoms with Crippen molar-refractivity contribution in [3.05, 3.63) is 53.1 Å². The van der Waals surface area contributed by atoms with E-state index < -0.39 is 32.2 Å². The van der Waals surface area contributed by atoms with Crippen LogP contribution < -0.4 is 9.46 Å². The minimum absolute atomic E-state index is 0.0115. The number of hydrogen-bond donors (Lipinski definition) is 1. The van der Waals surface area contributed by atoms with Crippen LogP contribution in [0.25, 0.3) is 22.2 Å². The average molecular weight is 773 g/mol. The van der Waals surface area contributed by atoms with Crippen LogP contribution in [0.5, 0.6) is 5.75 Å². The van der Waals surface area contributed by atoms with Crippen molar-refractivity contribution in [2.24, 2.45) is 5.41 Å². The lowest BCUT2D eigenvalue weighted by molar-refractivity contribution is -0.140. The molecule has 8 rings (SSSR count). The van der Waals surface area contributed by atoms with E-state index in [0.29, 0.717) is 51.4 Å². The van der Waals surface area contributed by atoms with Gasteiger partial charge in [-0.1, -0.05) is 25.3 Å². The molecule has 11 nitrogen and oxygen atoms in total. The van der Waals surface area contributed by atoms with Crippen LogP contribution in [0.1, 0.15) is 132 Å². The van der Waals surface area contributed by atoms with Crippen LogP contribution in [0.4, 0.5) is 4.79 Å². The molecule has 2 saturated carbocycles. The topological polar surface area (TPSA) is 127 Å². The average Bonchev–Trinajstić information content (AvgIpc) is 3.64. The van der Waals surface area contributed by atoms with E-state index in [2.05, 4.69) is 21.4 Å². The maximum atomic E-state index is 15.1. The van der Waals surface area contributed by atoms with Crippen molar-refractivity contribution >= 4 is 38.8 Å². The Labute approximate surface area is 325 Å². The molecule has 0 radical (unpaired) electrons. The van der Waals surface area contributed by atoms with E-state index >= 15 is 4.79 Å². The number of aromatic nitrogens is 1. The van der Waals surface area contributed by atoms with E-state index in [4.69, 9.17) is 9.47 Å². The van der Waals surface area contributed by atoms with E-state index in [1.165, 1.54) is 12.0 Å². The van der Waals surface area contributed by atoms with Crippen LogP contribution in [0.15, 0.2) is 36.4 Å². The van der Waals surface area contributed by atoms with E-state index in [-0.39, 0.29) is 29.0 Å². The number of likely N-dealkylation sites (tertiary alicyclic amines) is 2. The number of carbonyl (C=O) groups is 3. The molecule has 1 aromatic heterocycles. The van der Waals surface area contributed by atoms with Crippen molar-refractivity contribution in [3.63, 3.8) is 0 Å². The summed E-state index contributed by atoms with van der Waals surface area (Å²) in [6.45, 7) is 11.0. The lowest BCUT2D eigenvalue weighted by Gasteiger charge is -2.45. The number of carbonyl (C=O) groups excluding carboxylic acids is 3. The number of amides is 3. The first-order chi connectivity index (χ1) is 26.1. The van der Waals surface area contributed by atoms with Crippen molar-refractivity contribution in [1.82, 2.24) is 19.1 Å². The molecule has 3 amide bonds. The van der Waals surface area contributed by atoms with Crippen LogP contribution in [0, 0.1) is 5.41 Å². The second-order valence-electron chi connectivity index (χ2n) is 18.1. The van der Waals surface area contributed by atoms with Gasteiger partial charge in [0.1, 0.15) is 11.4 Å². The zero-order valence-electron chi connectivity index (χ0n) is 33.2. The maximum Gasteiger partial charge on any atom is 0.410 e. The zero-order valence-corrected chi connectivity index (χ0v) is 34.0. The monoisotopic (exact) mass is 772 g/mol. The van der Waals surface area contributed by atoms with Crippen LogP contribution >= 0.6 is 0 Å². The largest absolute Gasteiger partial charge is 0.497 e. The lowest BCUT2D eigenvalue weighted by Crippen LogP contribution is -2.56. The Kier molecular flexibility index (Phi) is 9.33. The van der Waals surface area contributed by atoms with Crippen molar-refractivity contribution in [3.8, 4) is 17.0 Å². The molecular formula is C43H56N4O7S. The molecule has 2 unspecified atom stereocenters. The van der Waals surface area contributed by atoms with Crippen LogP contribution in [0.2, 0.25) is 0 Å². The van der Waals surface area contributed by atoms with Gasteiger partial charge in [-0.05, 0) is 127 Å². The molecule has 2 aliphatic carbocycles. The standard InChI is InChI=1S/C43H56N4O7S/c1-27(2)55(51,52)44-38(48)29-13-15-32-35(23-29)46-26-43(39(49)45-21-18-42(19-22-45)17-10-20-47(42)40(50)54-41(3,4)5)25-34(43)33-24-30(53-6)14-16-31(33)37(46)36(32)28-11-8-7-9-12-28/h13-16,23-24,27-28,34H,7-12,17-22,25-26H2,1-6H3,(H,44,48). The highest BCUT2D eigenvalue weighted by Crippen LogP contribution is 2.66. The quantitative estimate of drug-likeness (QED) is 0.272. The van der Waals surface area contributed by atoms with Gasteiger partial charge in [0.05, 0.1) is 23.5 Å². The van der Waals surface area contributed by atoms with Gasteiger partial charge in [0, 0.05) is 59.7 Å². The van der Waals surface area contributed by atoms with E-state index in [9.17, 15) is 18.0 Å². The molecule has 2 saturated heterocycles. The van der Waals surface area contributed by atoms with Gasteiger partial charge in [0.25, 0.3) is 5.91 Å². The predicted octanol–water partition coefficient (Wildman–Crippen LogP) is 7.71. The first-order valence-corrected chi connectivity index (χ1v) is 21.8. The fourth-order valence-electron chi connectivity index (χ4n) is 10.2. The molecule has 55 heavy (non-hydrogen) atoms. The Bertz CT molecular complexity index is 2150. The summed E-state index contributed by atoms with van der Waals surface area (Å²) in [5.74, 6) is 0.539. The number of piperidine rings is 1. The van der Waals surface area contributed by atoms with Crippen molar-refractivity contribution in [2.75, 3.05) is 26.7 Å². The molecule has 1 spiro atoms. The second kappa shape index (κ2) is 13.6. The Balaban J connectivity index is 1.19. The molecule has 296 valence electrons. The van der Waals surface area contributed by atoms with Crippen LogP contribution in [-0.4, -0.2) is 83.8 Å². The fraction of sp³-hybridized carbons (Fsp3) is 0.605. The van der Waals surface area contributed by atoms with Gasteiger partial charge >= 0.3 is 6.09 Å². The Morgan fingerprint density at radius 1 is 0.927 bits per heavy atom. The summed E-state index contributed by atoms with van der Waals surface area (Å²) in [6, 6.07) is 11.8. The van der Waals surface area contributed by atoms with Gasteiger partial charge in [-0.25, -0.2) is 17.9 Å². The molecule has 0 bridgehead atoms. The highest BCUT2D eigenvalue weighted by Gasteiger charge is 2.64. The molecule has 2 aromatic carbocycles. The summed E-state index contributed by atoms with van der Waals surface area (Å²) >= 11 is 0. The molecule has 12 heteroatoms. The van der Waals surface area contributed by atoms with Gasteiger partial charge in [-0.2, -0.15) is 0 Å². The molecule has 4 fully saturated rings. The number of hydrogen-bond acceptors (Lipinski definition) is 7. The number of fused-ring (bicyclic) bond motifs is 7. The van der Waals surface area contributed by atoms with E-state index in [1.54, 1.807) is 27.0 Å². The molecule has 3 aromatic rings. The Hall–Kier alpha value is -4.06. The third kappa shape index (κ3) is 6.49. The van der Waals surface area contributed by atoms with E-state index in [1.807, 2.05) is 48.8 Å². The maximum absolute atomic E-state index is 15.1. The zero-order chi connectivity index (χ0) is 39.1.